The van der Waals surface area contributed by atoms with Crippen LogP contribution in [0.15, 0.2) is 0 Å². The van der Waals surface area contributed by atoms with Crippen LogP contribution in [0.3, 0.4) is 0 Å². The van der Waals surface area contributed by atoms with Gasteiger partial charge < -0.3 is 9.80 Å². The van der Waals surface area contributed by atoms with Crippen molar-refractivity contribution >= 4 is 10.4 Å². The highest BCUT2D eigenvalue weighted by molar-refractivity contribution is 7.81. The molecule has 6 nitrogen and oxygen atoms in total. The van der Waals surface area contributed by atoms with Crippen molar-refractivity contribution in [3.63, 3.8) is 0 Å². The Morgan fingerprint density at radius 1 is 1.00 bits per heavy atom. The van der Waals surface area contributed by atoms with Crippen molar-refractivity contribution < 1.29 is 16.8 Å². The molecule has 7 heteroatoms. The fraction of sp³-hybridized carbons (Fsp3) is 1.00. The summed E-state index contributed by atoms with van der Waals surface area (Å²) in [6, 6.07) is 0. The minimum atomic E-state index is -3.66. The van der Waals surface area contributed by atoms with Gasteiger partial charge in [0.25, 0.3) is 0 Å². The van der Waals surface area contributed by atoms with E-state index in [2.05, 4.69) is 60.2 Å². The van der Waals surface area contributed by atoms with E-state index in [1.54, 1.807) is 0 Å². The maximum absolute atomic E-state index is 9.92. The molecule has 0 saturated carbocycles. The molecule has 0 bridgehead atoms. The van der Waals surface area contributed by atoms with Crippen LogP contribution in [0.2, 0.25) is 0 Å². The van der Waals surface area contributed by atoms with Gasteiger partial charge in [-0.2, -0.15) is 8.42 Å². The van der Waals surface area contributed by atoms with Crippen LogP contribution < -0.4 is 0 Å². The third kappa shape index (κ3) is 12.6. The third-order valence-corrected chi connectivity index (χ3v) is 3.83. The van der Waals surface area contributed by atoms with Crippen molar-refractivity contribution in [2.75, 3.05) is 49.0 Å². The molecular formula is C12H30N2O4S. The Bertz CT molecular complexity index is 304. The standard InChI is InChI=1S/C10H24N2.C2H6O4S/c1-10(2,12(5)6)8-7-9-11(3)4;1-5-7(3,4)6-2/h7-9H2,1-6H3;1-2H3. The minimum Gasteiger partial charge on any atom is -0.309 e. The number of hydrogen-bond donors (Lipinski definition) is 0. The Labute approximate surface area is 119 Å². The van der Waals surface area contributed by atoms with Gasteiger partial charge in [0.05, 0.1) is 14.2 Å². The molecule has 118 valence electrons. The molecule has 0 aromatic rings. The first-order valence-electron chi connectivity index (χ1n) is 6.17. The highest BCUT2D eigenvalue weighted by atomic mass is 32.3. The van der Waals surface area contributed by atoms with E-state index in [0.717, 1.165) is 14.2 Å². The predicted molar refractivity (Wildman–Crippen MR) is 78.5 cm³/mol. The molecule has 0 aromatic carbocycles. The highest BCUT2D eigenvalue weighted by Gasteiger charge is 2.19. The van der Waals surface area contributed by atoms with Gasteiger partial charge in [0.2, 0.25) is 0 Å². The first-order chi connectivity index (χ1) is 8.48. The number of nitrogens with zero attached hydrogens (tertiary/aromatic N) is 2. The fourth-order valence-electron chi connectivity index (χ4n) is 1.12. The lowest BCUT2D eigenvalue weighted by atomic mass is 9.97. The topological polar surface area (TPSA) is 59.1 Å². The van der Waals surface area contributed by atoms with Gasteiger partial charge in [-0.1, -0.05) is 0 Å². The zero-order valence-electron chi connectivity index (χ0n) is 13.6. The Morgan fingerprint density at radius 3 is 1.63 bits per heavy atom. The van der Waals surface area contributed by atoms with Gasteiger partial charge in [0.1, 0.15) is 0 Å². The molecule has 0 heterocycles. The van der Waals surface area contributed by atoms with Crippen molar-refractivity contribution in [3.05, 3.63) is 0 Å². The largest absolute Gasteiger partial charge is 0.399 e. The van der Waals surface area contributed by atoms with Crippen LogP contribution in [0.25, 0.3) is 0 Å². The average Bonchev–Trinajstić information content (AvgIpc) is 2.29. The van der Waals surface area contributed by atoms with Crippen molar-refractivity contribution in [1.29, 1.82) is 0 Å². The van der Waals surface area contributed by atoms with Gasteiger partial charge >= 0.3 is 10.4 Å². The maximum atomic E-state index is 9.92. The average molecular weight is 298 g/mol. The van der Waals surface area contributed by atoms with E-state index in [-0.39, 0.29) is 0 Å². The molecule has 0 unspecified atom stereocenters. The lowest BCUT2D eigenvalue weighted by molar-refractivity contribution is 0.173. The van der Waals surface area contributed by atoms with E-state index in [4.69, 9.17) is 0 Å². The van der Waals surface area contributed by atoms with Crippen LogP contribution in [0.5, 0.6) is 0 Å². The summed E-state index contributed by atoms with van der Waals surface area (Å²) in [5, 5.41) is 0. The third-order valence-electron chi connectivity index (χ3n) is 3.01. The fourth-order valence-corrected chi connectivity index (χ4v) is 1.26. The Morgan fingerprint density at radius 2 is 1.42 bits per heavy atom. The van der Waals surface area contributed by atoms with Crippen molar-refractivity contribution in [2.45, 2.75) is 32.2 Å². The van der Waals surface area contributed by atoms with Crippen LogP contribution in [0, 0.1) is 0 Å². The summed E-state index contributed by atoms with van der Waals surface area (Å²) in [7, 11) is 6.95. The molecule has 0 saturated heterocycles. The van der Waals surface area contributed by atoms with E-state index < -0.39 is 10.4 Å². The normalized spacial score (nSPS) is 12.5. The molecule has 0 spiro atoms. The van der Waals surface area contributed by atoms with Gasteiger partial charge in [0.15, 0.2) is 0 Å². The molecule has 0 aromatic heterocycles. The quantitative estimate of drug-likeness (QED) is 0.704. The zero-order chi connectivity index (χ0) is 15.7. The van der Waals surface area contributed by atoms with Gasteiger partial charge in [-0.05, 0) is 61.4 Å². The van der Waals surface area contributed by atoms with Crippen molar-refractivity contribution in [3.8, 4) is 0 Å². The molecule has 0 radical (unpaired) electrons. The molecule has 0 aliphatic rings. The van der Waals surface area contributed by atoms with E-state index in [1.165, 1.54) is 19.4 Å². The molecule has 0 atom stereocenters. The Kier molecular flexibility index (Phi) is 10.7. The summed E-state index contributed by atoms with van der Waals surface area (Å²) in [6.07, 6.45) is 2.54. The minimum absolute atomic E-state index is 0.343. The summed E-state index contributed by atoms with van der Waals surface area (Å²) >= 11 is 0. The lowest BCUT2D eigenvalue weighted by Crippen LogP contribution is -2.38. The monoisotopic (exact) mass is 298 g/mol. The first-order valence-corrected chi connectivity index (χ1v) is 7.50. The maximum Gasteiger partial charge on any atom is 0.399 e. The van der Waals surface area contributed by atoms with E-state index >= 15 is 0 Å². The molecule has 0 rings (SSSR count). The molecular weight excluding hydrogens is 268 g/mol. The first kappa shape index (κ1) is 21.1. The summed E-state index contributed by atoms with van der Waals surface area (Å²) in [5.74, 6) is 0. The van der Waals surface area contributed by atoms with Gasteiger partial charge in [-0.15, -0.1) is 0 Å². The van der Waals surface area contributed by atoms with E-state index in [0.29, 0.717) is 5.54 Å². The van der Waals surface area contributed by atoms with E-state index in [9.17, 15) is 8.42 Å². The summed E-state index contributed by atoms with van der Waals surface area (Å²) < 4.78 is 27.5. The second-order valence-corrected chi connectivity index (χ2v) is 6.84. The van der Waals surface area contributed by atoms with E-state index in [1.807, 2.05) is 0 Å². The van der Waals surface area contributed by atoms with Crippen LogP contribution >= 0.6 is 0 Å². The second-order valence-electron chi connectivity index (χ2n) is 5.36. The Balaban J connectivity index is 0. The highest BCUT2D eigenvalue weighted by Crippen LogP contribution is 2.16. The number of rotatable bonds is 7. The van der Waals surface area contributed by atoms with Crippen molar-refractivity contribution in [2.24, 2.45) is 0 Å². The smallest absolute Gasteiger partial charge is 0.309 e. The van der Waals surface area contributed by atoms with Crippen LogP contribution in [0.1, 0.15) is 26.7 Å². The van der Waals surface area contributed by atoms with Gasteiger partial charge in [-0.25, -0.2) is 0 Å². The van der Waals surface area contributed by atoms with Crippen LogP contribution in [-0.2, 0) is 18.8 Å². The molecule has 0 N–H and O–H groups in total. The molecule has 19 heavy (non-hydrogen) atoms. The zero-order valence-corrected chi connectivity index (χ0v) is 14.4. The van der Waals surface area contributed by atoms with Gasteiger partial charge in [0, 0.05) is 5.54 Å². The molecule has 0 fully saturated rings. The summed E-state index contributed by atoms with van der Waals surface area (Å²) in [5.41, 5.74) is 0.343. The summed E-state index contributed by atoms with van der Waals surface area (Å²) in [4.78, 5) is 4.54. The van der Waals surface area contributed by atoms with Crippen LogP contribution in [-0.4, -0.2) is 72.7 Å². The molecule has 0 aliphatic carbocycles. The molecule has 0 amide bonds. The second kappa shape index (κ2) is 9.66. The molecule has 0 aliphatic heterocycles. The van der Waals surface area contributed by atoms with Gasteiger partial charge in [-0.3, -0.25) is 8.37 Å². The SMILES string of the molecule is CN(C)CCCC(C)(C)N(C)C.COS(=O)(=O)OC. The number of hydrogen-bond acceptors (Lipinski definition) is 6. The summed E-state index contributed by atoms with van der Waals surface area (Å²) in [6.45, 7) is 5.78. The lowest BCUT2D eigenvalue weighted by Gasteiger charge is -2.33. The van der Waals surface area contributed by atoms with Crippen molar-refractivity contribution in [1.82, 2.24) is 9.80 Å². The van der Waals surface area contributed by atoms with Crippen LogP contribution in [0.4, 0.5) is 0 Å². The Hall–Kier alpha value is -0.210. The predicted octanol–water partition coefficient (Wildman–Crippen LogP) is 1.19.